The van der Waals surface area contributed by atoms with E-state index in [0.29, 0.717) is 38.2 Å². The largest absolute Gasteiger partial charge is 0.480 e. The number of rotatable bonds is 3. The minimum atomic E-state index is -1.07. The molecule has 2 rings (SSSR count). The molecular formula is C13H16FNO3. The van der Waals surface area contributed by atoms with Gasteiger partial charge in [0.05, 0.1) is 0 Å². The number of aliphatic carboxylic acids is 1. The van der Waals surface area contributed by atoms with Crippen molar-refractivity contribution in [2.75, 3.05) is 18.5 Å². The molecule has 0 radical (unpaired) electrons. The van der Waals surface area contributed by atoms with Crippen LogP contribution in [-0.4, -0.2) is 29.8 Å². The van der Waals surface area contributed by atoms with Crippen molar-refractivity contribution < 1.29 is 19.0 Å². The number of carbonyl (C=O) groups is 1. The van der Waals surface area contributed by atoms with Crippen LogP contribution in [0.2, 0.25) is 0 Å². The van der Waals surface area contributed by atoms with Crippen LogP contribution < -0.4 is 5.32 Å². The molecule has 98 valence electrons. The van der Waals surface area contributed by atoms with E-state index in [9.17, 15) is 14.3 Å². The standard InChI is InChI=1S/C13H16FNO3/c14-10-3-1-4-11(9-10)15-13(12(16)17)5-2-7-18-8-6-13/h1,3-4,9,15H,2,5-8H2,(H,16,17). The van der Waals surface area contributed by atoms with Gasteiger partial charge < -0.3 is 15.2 Å². The normalized spacial score (nSPS) is 24.3. The van der Waals surface area contributed by atoms with Crippen LogP contribution in [0.25, 0.3) is 0 Å². The number of halogens is 1. The number of hydrogen-bond acceptors (Lipinski definition) is 3. The Morgan fingerprint density at radius 3 is 2.94 bits per heavy atom. The number of hydrogen-bond donors (Lipinski definition) is 2. The monoisotopic (exact) mass is 253 g/mol. The van der Waals surface area contributed by atoms with Crippen molar-refractivity contribution in [3.05, 3.63) is 30.1 Å². The molecule has 1 aliphatic heterocycles. The molecule has 1 heterocycles. The van der Waals surface area contributed by atoms with Crippen LogP contribution in [0.4, 0.5) is 10.1 Å². The average Bonchev–Trinajstić information content (AvgIpc) is 2.55. The molecule has 0 aromatic heterocycles. The molecule has 1 aliphatic rings. The van der Waals surface area contributed by atoms with Gasteiger partial charge in [0.1, 0.15) is 11.4 Å². The third-order valence-electron chi connectivity index (χ3n) is 3.18. The highest BCUT2D eigenvalue weighted by atomic mass is 19.1. The van der Waals surface area contributed by atoms with E-state index in [4.69, 9.17) is 4.74 Å². The lowest BCUT2D eigenvalue weighted by molar-refractivity contribution is -0.142. The predicted molar refractivity (Wildman–Crippen MR) is 65.1 cm³/mol. The summed E-state index contributed by atoms with van der Waals surface area (Å²) in [5.74, 6) is -1.30. The molecule has 1 fully saturated rings. The minimum Gasteiger partial charge on any atom is -0.480 e. The molecule has 0 aliphatic carbocycles. The molecule has 0 spiro atoms. The molecule has 4 nitrogen and oxygen atoms in total. The summed E-state index contributed by atoms with van der Waals surface area (Å²) in [7, 11) is 0. The van der Waals surface area contributed by atoms with Crippen molar-refractivity contribution in [3.8, 4) is 0 Å². The maximum absolute atomic E-state index is 13.1. The summed E-state index contributed by atoms with van der Waals surface area (Å²) in [4.78, 5) is 11.5. The molecule has 18 heavy (non-hydrogen) atoms. The van der Waals surface area contributed by atoms with Crippen molar-refractivity contribution in [2.24, 2.45) is 0 Å². The van der Waals surface area contributed by atoms with E-state index in [0.717, 1.165) is 0 Å². The lowest BCUT2D eigenvalue weighted by Gasteiger charge is -2.29. The van der Waals surface area contributed by atoms with Crippen LogP contribution >= 0.6 is 0 Å². The van der Waals surface area contributed by atoms with Gasteiger partial charge in [-0.1, -0.05) is 6.07 Å². The summed E-state index contributed by atoms with van der Waals surface area (Å²) in [6, 6.07) is 5.85. The zero-order valence-electron chi connectivity index (χ0n) is 9.99. The first-order chi connectivity index (χ1) is 8.62. The van der Waals surface area contributed by atoms with Crippen LogP contribution in [0.3, 0.4) is 0 Å². The van der Waals surface area contributed by atoms with Crippen molar-refractivity contribution in [2.45, 2.75) is 24.8 Å². The third-order valence-corrected chi connectivity index (χ3v) is 3.18. The molecule has 0 amide bonds. The Morgan fingerprint density at radius 1 is 1.39 bits per heavy atom. The highest BCUT2D eigenvalue weighted by Crippen LogP contribution is 2.27. The van der Waals surface area contributed by atoms with Gasteiger partial charge in [0.2, 0.25) is 0 Å². The molecule has 5 heteroatoms. The molecule has 1 unspecified atom stereocenters. The van der Waals surface area contributed by atoms with Crippen molar-refractivity contribution in [1.29, 1.82) is 0 Å². The Bertz CT molecular complexity index is 428. The van der Waals surface area contributed by atoms with Crippen molar-refractivity contribution in [3.63, 3.8) is 0 Å². The zero-order valence-corrected chi connectivity index (χ0v) is 9.99. The van der Waals surface area contributed by atoms with Crippen LogP contribution in [0.15, 0.2) is 24.3 Å². The van der Waals surface area contributed by atoms with Crippen LogP contribution in [-0.2, 0) is 9.53 Å². The molecule has 1 aromatic carbocycles. The Balaban J connectivity index is 2.22. The van der Waals surface area contributed by atoms with Crippen LogP contribution in [0.1, 0.15) is 19.3 Å². The smallest absolute Gasteiger partial charge is 0.329 e. The quantitative estimate of drug-likeness (QED) is 0.867. The first-order valence-corrected chi connectivity index (χ1v) is 5.97. The topological polar surface area (TPSA) is 58.6 Å². The summed E-state index contributed by atoms with van der Waals surface area (Å²) in [6.45, 7) is 0.967. The van der Waals surface area contributed by atoms with Gasteiger partial charge in [-0.2, -0.15) is 0 Å². The summed E-state index contributed by atoms with van der Waals surface area (Å²) in [5, 5.41) is 12.4. The summed E-state index contributed by atoms with van der Waals surface area (Å²) >= 11 is 0. The first-order valence-electron chi connectivity index (χ1n) is 5.97. The lowest BCUT2D eigenvalue weighted by atomic mass is 9.90. The highest BCUT2D eigenvalue weighted by molar-refractivity contribution is 5.82. The maximum Gasteiger partial charge on any atom is 0.329 e. The SMILES string of the molecule is O=C(O)C1(Nc2cccc(F)c2)CCCOCC1. The van der Waals surface area contributed by atoms with E-state index < -0.39 is 11.5 Å². The van der Waals surface area contributed by atoms with Gasteiger partial charge in [0, 0.05) is 25.3 Å². The van der Waals surface area contributed by atoms with Gasteiger partial charge in [-0.05, 0) is 31.0 Å². The number of benzene rings is 1. The van der Waals surface area contributed by atoms with E-state index in [1.54, 1.807) is 12.1 Å². The van der Waals surface area contributed by atoms with E-state index in [2.05, 4.69) is 5.32 Å². The Labute approximate surface area is 105 Å². The first kappa shape index (κ1) is 12.8. The summed E-state index contributed by atoms with van der Waals surface area (Å²) in [5.41, 5.74) is -0.580. The molecule has 1 saturated heterocycles. The number of nitrogens with one attached hydrogen (secondary N) is 1. The van der Waals surface area contributed by atoms with Gasteiger partial charge >= 0.3 is 5.97 Å². The number of carboxylic acids is 1. The van der Waals surface area contributed by atoms with Crippen molar-refractivity contribution in [1.82, 2.24) is 0 Å². The van der Waals surface area contributed by atoms with Gasteiger partial charge in [-0.25, -0.2) is 9.18 Å². The Kier molecular flexibility index (Phi) is 3.81. The fourth-order valence-corrected chi connectivity index (χ4v) is 2.18. The number of carboxylic acid groups (broad SMARTS) is 1. The Morgan fingerprint density at radius 2 is 2.22 bits per heavy atom. The second kappa shape index (κ2) is 5.35. The lowest BCUT2D eigenvalue weighted by Crippen LogP contribution is -2.46. The number of anilines is 1. The predicted octanol–water partition coefficient (Wildman–Crippen LogP) is 2.26. The summed E-state index contributed by atoms with van der Waals surface area (Å²) in [6.07, 6.45) is 1.52. The maximum atomic E-state index is 13.1. The van der Waals surface area contributed by atoms with E-state index in [1.165, 1.54) is 12.1 Å². The van der Waals surface area contributed by atoms with Gasteiger partial charge in [0.25, 0.3) is 0 Å². The zero-order chi connectivity index (χ0) is 13.0. The molecule has 1 aromatic rings. The summed E-state index contributed by atoms with van der Waals surface area (Å²) < 4.78 is 18.4. The molecule has 2 N–H and O–H groups in total. The fourth-order valence-electron chi connectivity index (χ4n) is 2.18. The molecule has 1 atom stereocenters. The van der Waals surface area contributed by atoms with Crippen LogP contribution in [0.5, 0.6) is 0 Å². The average molecular weight is 253 g/mol. The van der Waals surface area contributed by atoms with E-state index in [-0.39, 0.29) is 5.82 Å². The molecule has 0 saturated carbocycles. The fraction of sp³-hybridized carbons (Fsp3) is 0.462. The van der Waals surface area contributed by atoms with Gasteiger partial charge in [-0.15, -0.1) is 0 Å². The van der Waals surface area contributed by atoms with Gasteiger partial charge in [-0.3, -0.25) is 0 Å². The second-order valence-electron chi connectivity index (χ2n) is 4.49. The molecule has 0 bridgehead atoms. The van der Waals surface area contributed by atoms with Crippen molar-refractivity contribution >= 4 is 11.7 Å². The minimum absolute atomic E-state index is 0.374. The highest BCUT2D eigenvalue weighted by Gasteiger charge is 2.39. The molecular weight excluding hydrogens is 237 g/mol. The Hall–Kier alpha value is -1.62. The van der Waals surface area contributed by atoms with Crippen LogP contribution in [0, 0.1) is 5.82 Å². The van der Waals surface area contributed by atoms with E-state index >= 15 is 0 Å². The second-order valence-corrected chi connectivity index (χ2v) is 4.49. The number of ether oxygens (including phenoxy) is 1. The third kappa shape index (κ3) is 2.79. The van der Waals surface area contributed by atoms with E-state index in [1.807, 2.05) is 0 Å². The van der Waals surface area contributed by atoms with Gasteiger partial charge in [0.15, 0.2) is 0 Å².